The largest absolute Gasteiger partial charge is 0.435 e. The first-order valence-electron chi connectivity index (χ1n) is 7.79. The van der Waals surface area contributed by atoms with E-state index < -0.39 is 12.7 Å². The second-order valence-electron chi connectivity index (χ2n) is 5.94. The second kappa shape index (κ2) is 7.63. The lowest BCUT2D eigenvalue weighted by atomic mass is 10.0. The van der Waals surface area contributed by atoms with Crippen LogP contribution in [0.5, 0.6) is 5.75 Å². The van der Waals surface area contributed by atoms with Crippen LogP contribution in [0.3, 0.4) is 0 Å². The summed E-state index contributed by atoms with van der Waals surface area (Å²) in [6.45, 7) is -0.817. The Balaban J connectivity index is 1.55. The van der Waals surface area contributed by atoms with Crippen LogP contribution < -0.4 is 4.74 Å². The minimum atomic E-state index is -2.81. The van der Waals surface area contributed by atoms with Gasteiger partial charge < -0.3 is 9.84 Å². The Kier molecular flexibility index (Phi) is 5.32. The van der Waals surface area contributed by atoms with Crippen molar-refractivity contribution in [1.29, 1.82) is 0 Å². The summed E-state index contributed by atoms with van der Waals surface area (Å²) < 4.78 is 28.6. The molecule has 0 aliphatic carbocycles. The van der Waals surface area contributed by atoms with E-state index in [4.69, 9.17) is 0 Å². The molecular weight excluding hydrogens is 316 g/mol. The van der Waals surface area contributed by atoms with E-state index in [0.29, 0.717) is 19.5 Å². The summed E-state index contributed by atoms with van der Waals surface area (Å²) in [5, 5.41) is 10.2. The number of likely N-dealkylation sites (tertiary alicyclic amines) is 1. The molecule has 0 saturated carbocycles. The molecule has 1 saturated heterocycles. The maximum absolute atomic E-state index is 12.1. The van der Waals surface area contributed by atoms with Gasteiger partial charge in [0.25, 0.3) is 0 Å². The van der Waals surface area contributed by atoms with Gasteiger partial charge in [0.2, 0.25) is 0 Å². The van der Waals surface area contributed by atoms with Gasteiger partial charge in [-0.1, -0.05) is 12.1 Å². The molecule has 1 aliphatic rings. The molecule has 0 spiro atoms. The van der Waals surface area contributed by atoms with Crippen molar-refractivity contribution in [3.8, 4) is 5.75 Å². The van der Waals surface area contributed by atoms with Crippen LogP contribution in [0.4, 0.5) is 8.78 Å². The van der Waals surface area contributed by atoms with Crippen LogP contribution in [0.1, 0.15) is 11.3 Å². The van der Waals surface area contributed by atoms with Crippen LogP contribution in [-0.4, -0.2) is 45.8 Å². The molecule has 1 aliphatic heterocycles. The Labute approximate surface area is 138 Å². The highest BCUT2D eigenvalue weighted by Gasteiger charge is 2.31. The maximum Gasteiger partial charge on any atom is 0.387 e. The number of nitrogens with zero attached hydrogens (tertiary/aromatic N) is 3. The molecule has 1 N–H and O–H groups in total. The fraction of sp³-hybridized carbons (Fsp3) is 0.412. The van der Waals surface area contributed by atoms with Crippen LogP contribution in [0, 0.1) is 5.92 Å². The summed E-state index contributed by atoms with van der Waals surface area (Å²) in [5.41, 5.74) is 1.86. The zero-order valence-electron chi connectivity index (χ0n) is 13.1. The Bertz CT molecular complexity index is 640. The van der Waals surface area contributed by atoms with E-state index in [1.165, 1.54) is 12.1 Å². The number of hydrogen-bond donors (Lipinski definition) is 1. The fourth-order valence-corrected chi connectivity index (χ4v) is 3.01. The molecule has 1 aromatic heterocycles. The van der Waals surface area contributed by atoms with Crippen molar-refractivity contribution in [2.45, 2.75) is 25.7 Å². The van der Waals surface area contributed by atoms with Crippen molar-refractivity contribution in [2.75, 3.05) is 13.1 Å². The molecule has 0 amide bonds. The molecule has 5 nitrogen and oxygen atoms in total. The quantitative estimate of drug-likeness (QED) is 0.876. The zero-order valence-corrected chi connectivity index (χ0v) is 13.1. The van der Waals surface area contributed by atoms with E-state index in [-0.39, 0.29) is 11.7 Å². The third-order valence-corrected chi connectivity index (χ3v) is 4.12. The first-order valence-corrected chi connectivity index (χ1v) is 7.79. The number of ether oxygens (including phenoxy) is 1. The van der Waals surface area contributed by atoms with Gasteiger partial charge in [-0.15, -0.1) is 0 Å². The summed E-state index contributed by atoms with van der Waals surface area (Å²) in [6, 6.07) is 6.59. The average Bonchev–Trinajstić information content (AvgIpc) is 2.89. The number of aliphatic hydroxyl groups is 1. The van der Waals surface area contributed by atoms with Gasteiger partial charge in [0, 0.05) is 44.1 Å². The van der Waals surface area contributed by atoms with Gasteiger partial charge >= 0.3 is 6.61 Å². The van der Waals surface area contributed by atoms with E-state index in [9.17, 15) is 13.9 Å². The SMILES string of the molecule is O[C@@H]1CN(Cc2ccc(OC(F)F)cc2)C[C@H]1Cc1cnccn1. The molecule has 0 unspecified atom stereocenters. The maximum atomic E-state index is 12.1. The molecule has 24 heavy (non-hydrogen) atoms. The first kappa shape index (κ1) is 16.7. The van der Waals surface area contributed by atoms with Gasteiger partial charge in [0.1, 0.15) is 5.75 Å². The van der Waals surface area contributed by atoms with Crippen LogP contribution in [0.15, 0.2) is 42.9 Å². The molecule has 0 radical (unpaired) electrons. The monoisotopic (exact) mass is 335 g/mol. The minimum absolute atomic E-state index is 0.114. The number of β-amino-alcohol motifs (C(OH)–C–C–N with tert-alkyl or cyclic N) is 1. The highest BCUT2D eigenvalue weighted by Crippen LogP contribution is 2.23. The number of alkyl halides is 2. The summed E-state index contributed by atoms with van der Waals surface area (Å²) in [6.07, 6.45) is 5.28. The number of aliphatic hydroxyl groups excluding tert-OH is 1. The van der Waals surface area contributed by atoms with E-state index in [2.05, 4.69) is 19.6 Å². The first-order chi connectivity index (χ1) is 11.6. The molecule has 128 valence electrons. The van der Waals surface area contributed by atoms with Gasteiger partial charge in [-0.2, -0.15) is 8.78 Å². The number of rotatable bonds is 6. The number of benzene rings is 1. The molecule has 2 heterocycles. The smallest absolute Gasteiger partial charge is 0.387 e. The van der Waals surface area contributed by atoms with Crippen LogP contribution in [0.25, 0.3) is 0 Å². The van der Waals surface area contributed by atoms with E-state index >= 15 is 0 Å². The standard InChI is InChI=1S/C17H19F2N3O2/c18-17(19)24-15-3-1-12(2-4-15)9-22-10-13(16(23)11-22)7-14-8-20-5-6-21-14/h1-6,8,13,16-17,23H,7,9-11H2/t13-,16-/m1/s1. The van der Waals surface area contributed by atoms with Crippen molar-refractivity contribution in [2.24, 2.45) is 5.92 Å². The second-order valence-corrected chi connectivity index (χ2v) is 5.94. The van der Waals surface area contributed by atoms with Gasteiger partial charge in [0.05, 0.1) is 11.8 Å². The Morgan fingerprint density at radius 3 is 2.67 bits per heavy atom. The van der Waals surface area contributed by atoms with E-state index in [0.717, 1.165) is 17.8 Å². The van der Waals surface area contributed by atoms with Crippen molar-refractivity contribution >= 4 is 0 Å². The summed E-state index contributed by atoms with van der Waals surface area (Å²) in [5.74, 6) is 0.263. The van der Waals surface area contributed by atoms with Crippen molar-refractivity contribution in [3.63, 3.8) is 0 Å². The van der Waals surface area contributed by atoms with Gasteiger partial charge in [-0.3, -0.25) is 14.9 Å². The van der Waals surface area contributed by atoms with Crippen molar-refractivity contribution in [1.82, 2.24) is 14.9 Å². The Morgan fingerprint density at radius 2 is 2.00 bits per heavy atom. The number of halogens is 2. The molecule has 1 aromatic carbocycles. The normalized spacial score (nSPS) is 21.3. The summed E-state index contributed by atoms with van der Waals surface area (Å²) >= 11 is 0. The highest BCUT2D eigenvalue weighted by atomic mass is 19.3. The predicted molar refractivity (Wildman–Crippen MR) is 83.6 cm³/mol. The fourth-order valence-electron chi connectivity index (χ4n) is 3.01. The topological polar surface area (TPSA) is 58.5 Å². The molecule has 2 atom stereocenters. The lowest BCUT2D eigenvalue weighted by molar-refractivity contribution is -0.0498. The molecular formula is C17H19F2N3O2. The van der Waals surface area contributed by atoms with Gasteiger partial charge in [-0.25, -0.2) is 0 Å². The predicted octanol–water partition coefficient (Wildman–Crippen LogP) is 2.11. The minimum Gasteiger partial charge on any atom is -0.435 e. The van der Waals surface area contributed by atoms with Crippen LogP contribution in [-0.2, 0) is 13.0 Å². The van der Waals surface area contributed by atoms with E-state index in [1.807, 2.05) is 0 Å². The van der Waals surface area contributed by atoms with Crippen LogP contribution in [0.2, 0.25) is 0 Å². The summed E-state index contributed by atoms with van der Waals surface area (Å²) in [7, 11) is 0. The Hall–Kier alpha value is -2.12. The van der Waals surface area contributed by atoms with Crippen molar-refractivity contribution in [3.05, 3.63) is 54.1 Å². The summed E-state index contributed by atoms with van der Waals surface area (Å²) in [4.78, 5) is 10.4. The Morgan fingerprint density at radius 1 is 1.21 bits per heavy atom. The van der Waals surface area contributed by atoms with E-state index in [1.54, 1.807) is 30.7 Å². The van der Waals surface area contributed by atoms with Gasteiger partial charge in [-0.05, 0) is 24.1 Å². The number of aromatic nitrogens is 2. The van der Waals surface area contributed by atoms with Gasteiger partial charge in [0.15, 0.2) is 0 Å². The third kappa shape index (κ3) is 4.46. The molecule has 7 heteroatoms. The van der Waals surface area contributed by atoms with Crippen molar-refractivity contribution < 1.29 is 18.6 Å². The number of hydrogen-bond acceptors (Lipinski definition) is 5. The molecule has 0 bridgehead atoms. The lowest BCUT2D eigenvalue weighted by Crippen LogP contribution is -2.21. The average molecular weight is 335 g/mol. The highest BCUT2D eigenvalue weighted by molar-refractivity contribution is 5.27. The molecule has 3 rings (SSSR count). The molecule has 1 fully saturated rings. The zero-order chi connectivity index (χ0) is 16.9. The third-order valence-electron chi connectivity index (χ3n) is 4.12. The lowest BCUT2D eigenvalue weighted by Gasteiger charge is -2.16. The molecule has 2 aromatic rings. The van der Waals surface area contributed by atoms with Crippen LogP contribution >= 0.6 is 0 Å².